The lowest BCUT2D eigenvalue weighted by Gasteiger charge is -2.26. The topological polar surface area (TPSA) is 42.0 Å². The highest BCUT2D eigenvalue weighted by molar-refractivity contribution is 9.10. The molecule has 1 heterocycles. The average Bonchev–Trinajstić information content (AvgIpc) is 2.37. The van der Waals surface area contributed by atoms with E-state index in [9.17, 15) is 4.79 Å². The molecule has 0 radical (unpaired) electrons. The molecule has 0 atom stereocenters. The van der Waals surface area contributed by atoms with Crippen molar-refractivity contribution < 1.29 is 4.79 Å². The van der Waals surface area contributed by atoms with E-state index in [0.717, 1.165) is 16.5 Å². The molecule has 0 bridgehead atoms. The minimum Gasteiger partial charge on any atom is -0.347 e. The summed E-state index contributed by atoms with van der Waals surface area (Å²) in [5.74, 6) is -0.192. The standard InChI is InChI=1S/C16H16BrClN2O/c1-16(2,9-11-4-3-5-12(17)8-11)20-15(21)13-6-7-19-10-14(13)18/h3-8,10H,9H2,1-2H3,(H,20,21). The summed E-state index contributed by atoms with van der Waals surface area (Å²) in [5.41, 5.74) is 1.20. The molecular weight excluding hydrogens is 352 g/mol. The van der Waals surface area contributed by atoms with Gasteiger partial charge in [-0.3, -0.25) is 9.78 Å². The number of hydrogen-bond acceptors (Lipinski definition) is 2. The van der Waals surface area contributed by atoms with E-state index in [-0.39, 0.29) is 11.4 Å². The van der Waals surface area contributed by atoms with E-state index in [2.05, 4.69) is 26.2 Å². The fourth-order valence-electron chi connectivity index (χ4n) is 2.14. The Balaban J connectivity index is 2.10. The maximum Gasteiger partial charge on any atom is 0.253 e. The summed E-state index contributed by atoms with van der Waals surface area (Å²) in [6.07, 6.45) is 3.75. The average molecular weight is 368 g/mol. The van der Waals surface area contributed by atoms with Crippen LogP contribution in [0.2, 0.25) is 5.02 Å². The van der Waals surface area contributed by atoms with Gasteiger partial charge in [-0.1, -0.05) is 39.7 Å². The SMILES string of the molecule is CC(C)(Cc1cccc(Br)c1)NC(=O)c1ccncc1Cl. The number of aromatic nitrogens is 1. The molecule has 3 nitrogen and oxygen atoms in total. The smallest absolute Gasteiger partial charge is 0.253 e. The first-order valence-corrected chi connectivity index (χ1v) is 7.71. The van der Waals surface area contributed by atoms with Gasteiger partial charge < -0.3 is 5.32 Å². The Morgan fingerprint density at radius 1 is 1.38 bits per heavy atom. The Morgan fingerprint density at radius 3 is 2.81 bits per heavy atom. The van der Waals surface area contributed by atoms with Crippen molar-refractivity contribution in [2.45, 2.75) is 25.8 Å². The molecule has 2 rings (SSSR count). The summed E-state index contributed by atoms with van der Waals surface area (Å²) in [6, 6.07) is 9.67. The molecule has 110 valence electrons. The fourth-order valence-corrected chi connectivity index (χ4v) is 2.79. The first-order valence-electron chi connectivity index (χ1n) is 6.54. The van der Waals surface area contributed by atoms with Crippen molar-refractivity contribution in [1.29, 1.82) is 0 Å². The van der Waals surface area contributed by atoms with Gasteiger partial charge in [-0.25, -0.2) is 0 Å². The zero-order valence-corrected chi connectivity index (χ0v) is 14.2. The molecule has 0 aliphatic carbocycles. The molecule has 0 spiro atoms. The van der Waals surface area contributed by atoms with Crippen molar-refractivity contribution in [3.63, 3.8) is 0 Å². The summed E-state index contributed by atoms with van der Waals surface area (Å²) in [4.78, 5) is 16.2. The lowest BCUT2D eigenvalue weighted by atomic mass is 9.94. The zero-order valence-electron chi connectivity index (χ0n) is 11.9. The van der Waals surface area contributed by atoms with E-state index >= 15 is 0 Å². The Kier molecular flexibility index (Phi) is 5.01. The lowest BCUT2D eigenvalue weighted by Crippen LogP contribution is -2.45. The van der Waals surface area contributed by atoms with Crippen LogP contribution in [-0.4, -0.2) is 16.4 Å². The number of nitrogens with zero attached hydrogens (tertiary/aromatic N) is 1. The number of carbonyl (C=O) groups excluding carboxylic acids is 1. The molecule has 1 aromatic carbocycles. The third-order valence-corrected chi connectivity index (χ3v) is 3.80. The lowest BCUT2D eigenvalue weighted by molar-refractivity contribution is 0.0913. The monoisotopic (exact) mass is 366 g/mol. The number of nitrogens with one attached hydrogen (secondary N) is 1. The molecule has 1 amide bonds. The Morgan fingerprint density at radius 2 is 2.14 bits per heavy atom. The van der Waals surface area contributed by atoms with Gasteiger partial charge in [0.25, 0.3) is 5.91 Å². The molecule has 0 fully saturated rings. The largest absolute Gasteiger partial charge is 0.347 e. The van der Waals surface area contributed by atoms with Crippen LogP contribution in [0.3, 0.4) is 0 Å². The van der Waals surface area contributed by atoms with Gasteiger partial charge in [0, 0.05) is 22.4 Å². The van der Waals surface area contributed by atoms with E-state index in [1.807, 2.05) is 38.1 Å². The number of hydrogen-bond donors (Lipinski definition) is 1. The van der Waals surface area contributed by atoms with Gasteiger partial charge in [0.15, 0.2) is 0 Å². The molecule has 0 saturated carbocycles. The second-order valence-corrected chi connectivity index (χ2v) is 6.82. The van der Waals surface area contributed by atoms with E-state index in [1.54, 1.807) is 12.3 Å². The zero-order chi connectivity index (χ0) is 15.5. The molecule has 0 unspecified atom stereocenters. The first kappa shape index (κ1) is 16.0. The Bertz CT molecular complexity index is 658. The molecular formula is C16H16BrClN2O. The minimum absolute atomic E-state index is 0.192. The maximum atomic E-state index is 12.3. The number of benzene rings is 1. The molecule has 1 aromatic heterocycles. The number of halogens is 2. The van der Waals surface area contributed by atoms with Crippen molar-refractivity contribution in [1.82, 2.24) is 10.3 Å². The number of carbonyl (C=O) groups is 1. The number of amides is 1. The van der Waals surface area contributed by atoms with E-state index in [1.165, 1.54) is 6.20 Å². The van der Waals surface area contributed by atoms with Crippen LogP contribution in [0.5, 0.6) is 0 Å². The van der Waals surface area contributed by atoms with Crippen LogP contribution in [-0.2, 0) is 6.42 Å². The van der Waals surface area contributed by atoms with Crippen molar-refractivity contribution >= 4 is 33.4 Å². The predicted molar refractivity (Wildman–Crippen MR) is 88.6 cm³/mol. The third kappa shape index (κ3) is 4.55. The minimum atomic E-state index is -0.384. The maximum absolute atomic E-state index is 12.3. The molecule has 21 heavy (non-hydrogen) atoms. The fraction of sp³-hybridized carbons (Fsp3) is 0.250. The van der Waals surface area contributed by atoms with Gasteiger partial charge in [-0.15, -0.1) is 0 Å². The summed E-state index contributed by atoms with van der Waals surface area (Å²) < 4.78 is 1.03. The van der Waals surface area contributed by atoms with E-state index in [0.29, 0.717) is 10.6 Å². The van der Waals surface area contributed by atoms with Crippen LogP contribution >= 0.6 is 27.5 Å². The van der Waals surface area contributed by atoms with Gasteiger partial charge in [0.05, 0.1) is 10.6 Å². The molecule has 2 aromatic rings. The van der Waals surface area contributed by atoms with Gasteiger partial charge in [0.2, 0.25) is 0 Å². The van der Waals surface area contributed by atoms with Gasteiger partial charge >= 0.3 is 0 Å². The quantitative estimate of drug-likeness (QED) is 0.878. The Hall–Kier alpha value is -1.39. The second-order valence-electron chi connectivity index (χ2n) is 5.50. The predicted octanol–water partition coefficient (Wildman–Crippen LogP) is 4.25. The summed E-state index contributed by atoms with van der Waals surface area (Å²) >= 11 is 9.45. The van der Waals surface area contributed by atoms with Gasteiger partial charge in [0.1, 0.15) is 0 Å². The van der Waals surface area contributed by atoms with E-state index < -0.39 is 0 Å². The normalized spacial score (nSPS) is 11.2. The Labute approximate surface area is 137 Å². The highest BCUT2D eigenvalue weighted by atomic mass is 79.9. The van der Waals surface area contributed by atoms with Crippen molar-refractivity contribution in [2.75, 3.05) is 0 Å². The molecule has 1 N–H and O–H groups in total. The van der Waals surface area contributed by atoms with Crippen LogP contribution in [0.15, 0.2) is 47.2 Å². The summed E-state index contributed by atoms with van der Waals surface area (Å²) in [5, 5.41) is 3.37. The molecule has 0 aliphatic rings. The van der Waals surface area contributed by atoms with E-state index in [4.69, 9.17) is 11.6 Å². The highest BCUT2D eigenvalue weighted by Crippen LogP contribution is 2.19. The summed E-state index contributed by atoms with van der Waals surface area (Å²) in [7, 11) is 0. The molecule has 0 saturated heterocycles. The first-order chi connectivity index (χ1) is 9.87. The molecule has 5 heteroatoms. The number of pyridine rings is 1. The highest BCUT2D eigenvalue weighted by Gasteiger charge is 2.23. The van der Waals surface area contributed by atoms with Crippen LogP contribution < -0.4 is 5.32 Å². The van der Waals surface area contributed by atoms with Crippen LogP contribution in [0.1, 0.15) is 29.8 Å². The van der Waals surface area contributed by atoms with Gasteiger partial charge in [-0.2, -0.15) is 0 Å². The summed E-state index contributed by atoms with van der Waals surface area (Å²) in [6.45, 7) is 3.97. The van der Waals surface area contributed by atoms with Gasteiger partial charge in [-0.05, 0) is 44.0 Å². The second kappa shape index (κ2) is 6.58. The van der Waals surface area contributed by atoms with Crippen LogP contribution in [0.4, 0.5) is 0 Å². The number of rotatable bonds is 4. The van der Waals surface area contributed by atoms with Crippen molar-refractivity contribution in [3.8, 4) is 0 Å². The van der Waals surface area contributed by atoms with Crippen molar-refractivity contribution in [3.05, 3.63) is 63.3 Å². The van der Waals surface area contributed by atoms with Crippen LogP contribution in [0.25, 0.3) is 0 Å². The van der Waals surface area contributed by atoms with Crippen molar-refractivity contribution in [2.24, 2.45) is 0 Å². The van der Waals surface area contributed by atoms with Crippen LogP contribution in [0, 0.1) is 0 Å². The molecule has 0 aliphatic heterocycles. The third-order valence-electron chi connectivity index (χ3n) is 3.00.